The quantitative estimate of drug-likeness (QED) is 0.882. The molecule has 148 valence electrons. The van der Waals surface area contributed by atoms with E-state index in [9.17, 15) is 9.59 Å². The van der Waals surface area contributed by atoms with E-state index in [-0.39, 0.29) is 18.4 Å². The molecule has 2 aromatic rings. The lowest BCUT2D eigenvalue weighted by atomic mass is 9.85. The third kappa shape index (κ3) is 3.48. The molecule has 1 N–H and O–H groups in total. The molecule has 7 heteroatoms. The van der Waals surface area contributed by atoms with E-state index in [1.165, 1.54) is 19.3 Å². The number of piperazine rings is 1. The number of carbonyl (C=O) groups excluding carboxylic acids is 2. The Morgan fingerprint density at radius 3 is 2.71 bits per heavy atom. The Morgan fingerprint density at radius 2 is 1.96 bits per heavy atom. The maximum absolute atomic E-state index is 13.1. The number of nitrogens with one attached hydrogen (secondary N) is 1. The standard InChI is InChI=1S/C21H26N4O3/c1-28-18-10-6-5-9-17(18)25-12-11-24(14-19(25)26)21(27)16-13-22-23-20(16)15-7-3-2-4-8-15/h5-6,9-10,13,15H,2-4,7-8,11-12,14H2,1H3,(H,22,23). The first kappa shape index (κ1) is 18.5. The van der Waals surface area contributed by atoms with Gasteiger partial charge in [0.1, 0.15) is 12.3 Å². The highest BCUT2D eigenvalue weighted by Gasteiger charge is 2.32. The predicted molar refractivity (Wildman–Crippen MR) is 106 cm³/mol. The summed E-state index contributed by atoms with van der Waals surface area (Å²) in [7, 11) is 1.59. The zero-order valence-corrected chi connectivity index (χ0v) is 16.2. The second-order valence-corrected chi connectivity index (χ2v) is 7.48. The summed E-state index contributed by atoms with van der Waals surface area (Å²) in [6, 6.07) is 7.45. The van der Waals surface area contributed by atoms with Crippen LogP contribution >= 0.6 is 0 Å². The molecule has 2 heterocycles. The maximum atomic E-state index is 13.1. The van der Waals surface area contributed by atoms with E-state index in [2.05, 4.69) is 10.2 Å². The van der Waals surface area contributed by atoms with Crippen LogP contribution < -0.4 is 9.64 Å². The molecule has 0 unspecified atom stereocenters. The molecule has 28 heavy (non-hydrogen) atoms. The second kappa shape index (κ2) is 8.04. The molecule has 0 radical (unpaired) electrons. The molecule has 0 atom stereocenters. The molecule has 2 amide bonds. The predicted octanol–water partition coefficient (Wildman–Crippen LogP) is 2.96. The molecule has 7 nitrogen and oxygen atoms in total. The van der Waals surface area contributed by atoms with Gasteiger partial charge in [-0.3, -0.25) is 14.7 Å². The number of para-hydroxylation sites is 2. The fraction of sp³-hybridized carbons (Fsp3) is 0.476. The number of carbonyl (C=O) groups is 2. The number of nitrogens with zero attached hydrogens (tertiary/aromatic N) is 3. The van der Waals surface area contributed by atoms with Crippen molar-refractivity contribution in [2.45, 2.75) is 38.0 Å². The molecule has 1 aromatic heterocycles. The Bertz CT molecular complexity index is 857. The Kier molecular flexibility index (Phi) is 5.32. The number of ether oxygens (including phenoxy) is 1. The SMILES string of the molecule is COc1ccccc1N1CCN(C(=O)c2cn[nH]c2C2CCCCC2)CC1=O. The minimum Gasteiger partial charge on any atom is -0.495 e. The van der Waals surface area contributed by atoms with Crippen molar-refractivity contribution in [1.82, 2.24) is 15.1 Å². The monoisotopic (exact) mass is 382 g/mol. The van der Waals surface area contributed by atoms with E-state index in [1.54, 1.807) is 23.1 Å². The van der Waals surface area contributed by atoms with Crippen LogP contribution in [0.25, 0.3) is 0 Å². The first-order chi connectivity index (χ1) is 13.7. The first-order valence-electron chi connectivity index (χ1n) is 9.95. The summed E-state index contributed by atoms with van der Waals surface area (Å²) in [6.45, 7) is 0.992. The third-order valence-corrected chi connectivity index (χ3v) is 5.80. The van der Waals surface area contributed by atoms with Gasteiger partial charge in [-0.1, -0.05) is 31.4 Å². The van der Waals surface area contributed by atoms with E-state index in [0.717, 1.165) is 24.2 Å². The number of aromatic nitrogens is 2. The van der Waals surface area contributed by atoms with Crippen LogP contribution in [0.2, 0.25) is 0 Å². The van der Waals surface area contributed by atoms with Gasteiger partial charge in [0.2, 0.25) is 5.91 Å². The topological polar surface area (TPSA) is 78.5 Å². The average Bonchev–Trinajstić information content (AvgIpc) is 3.23. The van der Waals surface area contributed by atoms with E-state index < -0.39 is 0 Å². The molecule has 0 spiro atoms. The molecule has 4 rings (SSSR count). The van der Waals surface area contributed by atoms with Gasteiger partial charge in [0, 0.05) is 19.0 Å². The lowest BCUT2D eigenvalue weighted by molar-refractivity contribution is -0.120. The number of hydrogen-bond acceptors (Lipinski definition) is 4. The Labute approximate surface area is 164 Å². The van der Waals surface area contributed by atoms with Crippen LogP contribution in [0.5, 0.6) is 5.75 Å². The molecule has 1 aromatic carbocycles. The van der Waals surface area contributed by atoms with Crippen molar-refractivity contribution in [3.63, 3.8) is 0 Å². The number of amides is 2. The minimum atomic E-state index is -0.109. The summed E-state index contributed by atoms with van der Waals surface area (Å²) in [4.78, 5) is 29.2. The van der Waals surface area contributed by atoms with Crippen molar-refractivity contribution in [2.24, 2.45) is 0 Å². The maximum Gasteiger partial charge on any atom is 0.257 e. The molecule has 0 bridgehead atoms. The number of benzene rings is 1. The molecule has 1 aliphatic heterocycles. The molecule has 2 fully saturated rings. The Morgan fingerprint density at radius 1 is 1.18 bits per heavy atom. The molecule has 1 saturated heterocycles. The van der Waals surface area contributed by atoms with Crippen molar-refractivity contribution < 1.29 is 14.3 Å². The summed E-state index contributed by atoms with van der Waals surface area (Å²) in [5.74, 6) is 0.806. The Balaban J connectivity index is 1.48. The highest BCUT2D eigenvalue weighted by Crippen LogP contribution is 2.34. The number of aromatic amines is 1. The van der Waals surface area contributed by atoms with Crippen molar-refractivity contribution in [2.75, 3.05) is 31.6 Å². The fourth-order valence-electron chi connectivity index (χ4n) is 4.29. The van der Waals surface area contributed by atoms with Crippen LogP contribution in [0.15, 0.2) is 30.5 Å². The largest absolute Gasteiger partial charge is 0.495 e. The van der Waals surface area contributed by atoms with Crippen LogP contribution in [-0.2, 0) is 4.79 Å². The van der Waals surface area contributed by atoms with E-state index in [4.69, 9.17) is 4.74 Å². The second-order valence-electron chi connectivity index (χ2n) is 7.48. The summed E-state index contributed by atoms with van der Waals surface area (Å²) in [5.41, 5.74) is 2.29. The van der Waals surface area contributed by atoms with Crippen molar-refractivity contribution in [3.05, 3.63) is 41.7 Å². The zero-order valence-electron chi connectivity index (χ0n) is 16.2. The van der Waals surface area contributed by atoms with Gasteiger partial charge in [-0.25, -0.2) is 0 Å². The summed E-state index contributed by atoms with van der Waals surface area (Å²) < 4.78 is 5.38. The van der Waals surface area contributed by atoms with Gasteiger partial charge in [-0.05, 0) is 25.0 Å². The van der Waals surface area contributed by atoms with Crippen molar-refractivity contribution in [3.8, 4) is 5.75 Å². The Hall–Kier alpha value is -2.83. The van der Waals surface area contributed by atoms with Crippen LogP contribution in [0.3, 0.4) is 0 Å². The van der Waals surface area contributed by atoms with Crippen LogP contribution in [-0.4, -0.2) is 53.7 Å². The third-order valence-electron chi connectivity index (χ3n) is 5.80. The van der Waals surface area contributed by atoms with E-state index in [0.29, 0.717) is 30.3 Å². The normalized spacial score (nSPS) is 18.4. The highest BCUT2D eigenvalue weighted by molar-refractivity contribution is 6.02. The van der Waals surface area contributed by atoms with E-state index >= 15 is 0 Å². The lowest BCUT2D eigenvalue weighted by Crippen LogP contribution is -2.52. The molecule has 2 aliphatic rings. The van der Waals surface area contributed by atoms with Crippen LogP contribution in [0, 0.1) is 0 Å². The summed E-state index contributed by atoms with van der Waals surface area (Å²) >= 11 is 0. The van der Waals surface area contributed by atoms with Crippen molar-refractivity contribution >= 4 is 17.5 Å². The lowest BCUT2D eigenvalue weighted by Gasteiger charge is -2.35. The zero-order chi connectivity index (χ0) is 19.5. The first-order valence-corrected chi connectivity index (χ1v) is 9.95. The van der Waals surface area contributed by atoms with Gasteiger partial charge < -0.3 is 14.5 Å². The van der Waals surface area contributed by atoms with Crippen LogP contribution in [0.1, 0.15) is 54.1 Å². The number of hydrogen-bond donors (Lipinski definition) is 1. The number of H-pyrrole nitrogens is 1. The molecule has 1 saturated carbocycles. The number of methoxy groups -OCH3 is 1. The number of anilines is 1. The van der Waals surface area contributed by atoms with Gasteiger partial charge in [0.25, 0.3) is 5.91 Å². The van der Waals surface area contributed by atoms with Crippen LogP contribution in [0.4, 0.5) is 5.69 Å². The fourth-order valence-corrected chi connectivity index (χ4v) is 4.29. The minimum absolute atomic E-state index is 0.0617. The van der Waals surface area contributed by atoms with Crippen molar-refractivity contribution in [1.29, 1.82) is 0 Å². The van der Waals surface area contributed by atoms with Gasteiger partial charge >= 0.3 is 0 Å². The van der Waals surface area contributed by atoms with E-state index in [1.807, 2.05) is 24.3 Å². The molecular formula is C21H26N4O3. The van der Waals surface area contributed by atoms with Gasteiger partial charge in [0.05, 0.1) is 30.3 Å². The van der Waals surface area contributed by atoms with Gasteiger partial charge in [0.15, 0.2) is 0 Å². The summed E-state index contributed by atoms with van der Waals surface area (Å²) in [6.07, 6.45) is 7.42. The van der Waals surface area contributed by atoms with Gasteiger partial charge in [-0.2, -0.15) is 5.10 Å². The smallest absolute Gasteiger partial charge is 0.257 e. The highest BCUT2D eigenvalue weighted by atomic mass is 16.5. The summed E-state index contributed by atoms with van der Waals surface area (Å²) in [5, 5.41) is 7.18. The molecule has 1 aliphatic carbocycles. The number of rotatable bonds is 4. The van der Waals surface area contributed by atoms with Gasteiger partial charge in [-0.15, -0.1) is 0 Å². The average molecular weight is 382 g/mol. The molecular weight excluding hydrogens is 356 g/mol.